The third-order valence-electron chi connectivity index (χ3n) is 5.12. The molecule has 2 aromatic rings. The van der Waals surface area contributed by atoms with E-state index >= 15 is 0 Å². The third kappa shape index (κ3) is 6.92. The Morgan fingerprint density at radius 1 is 1.22 bits per heavy atom. The number of nitrogens with one attached hydrogen (secondary N) is 1. The molecular weight excluding hydrogens is 380 g/mol. The van der Waals surface area contributed by atoms with Gasteiger partial charge in [-0.3, -0.25) is 4.79 Å². The Labute approximate surface area is 172 Å². The average molecular weight is 409 g/mol. The summed E-state index contributed by atoms with van der Waals surface area (Å²) in [6.45, 7) is 3.01. The first-order valence-electron chi connectivity index (χ1n) is 9.45. The van der Waals surface area contributed by atoms with Crippen molar-refractivity contribution < 1.29 is 9.90 Å². The van der Waals surface area contributed by atoms with Crippen molar-refractivity contribution in [3.8, 4) is 0 Å². The minimum absolute atomic E-state index is 0. The van der Waals surface area contributed by atoms with E-state index in [0.717, 1.165) is 43.5 Å². The van der Waals surface area contributed by atoms with E-state index in [1.807, 2.05) is 52.1 Å². The second-order valence-corrected chi connectivity index (χ2v) is 7.84. The predicted molar refractivity (Wildman–Crippen MR) is 113 cm³/mol. The highest BCUT2D eigenvalue weighted by Crippen LogP contribution is 2.22. The largest absolute Gasteiger partial charge is 0.387 e. The van der Waals surface area contributed by atoms with Crippen molar-refractivity contribution in [1.29, 1.82) is 0 Å². The van der Waals surface area contributed by atoms with Crippen LogP contribution in [0.15, 0.2) is 47.2 Å². The van der Waals surface area contributed by atoms with Gasteiger partial charge in [0.2, 0.25) is 5.91 Å². The third-order valence-corrected chi connectivity index (χ3v) is 5.82. The second-order valence-electron chi connectivity index (χ2n) is 7.06. The smallest absolute Gasteiger partial charge is 0.222 e. The molecule has 6 heteroatoms. The van der Waals surface area contributed by atoms with E-state index in [-0.39, 0.29) is 18.3 Å². The zero-order valence-electron chi connectivity index (χ0n) is 15.5. The first-order chi connectivity index (χ1) is 12.7. The van der Waals surface area contributed by atoms with Gasteiger partial charge in [0.05, 0.1) is 12.6 Å². The number of thiophene rings is 1. The van der Waals surface area contributed by atoms with E-state index in [0.29, 0.717) is 25.4 Å². The summed E-state index contributed by atoms with van der Waals surface area (Å²) in [6.07, 6.45) is 3.19. The Morgan fingerprint density at radius 3 is 2.63 bits per heavy atom. The van der Waals surface area contributed by atoms with Crippen LogP contribution in [0.25, 0.3) is 0 Å². The number of rotatable bonds is 8. The summed E-state index contributed by atoms with van der Waals surface area (Å²) < 4.78 is 0. The number of piperidine rings is 1. The number of nitrogens with zero attached hydrogens (tertiary/aromatic N) is 1. The molecule has 1 aliphatic heterocycles. The molecule has 27 heavy (non-hydrogen) atoms. The maximum Gasteiger partial charge on any atom is 0.222 e. The van der Waals surface area contributed by atoms with Gasteiger partial charge in [-0.15, -0.1) is 12.4 Å². The van der Waals surface area contributed by atoms with Crippen LogP contribution in [0.4, 0.5) is 0 Å². The first-order valence-corrected chi connectivity index (χ1v) is 10.4. The van der Waals surface area contributed by atoms with Gasteiger partial charge in [-0.05, 0) is 66.2 Å². The van der Waals surface area contributed by atoms with Gasteiger partial charge in [-0.1, -0.05) is 30.3 Å². The average Bonchev–Trinajstić information content (AvgIpc) is 3.22. The van der Waals surface area contributed by atoms with Crippen LogP contribution in [-0.2, 0) is 11.3 Å². The lowest BCUT2D eigenvalue weighted by Gasteiger charge is -2.27. The number of hydrogen-bond acceptors (Lipinski definition) is 4. The van der Waals surface area contributed by atoms with Crippen molar-refractivity contribution in [1.82, 2.24) is 10.2 Å². The fourth-order valence-corrected chi connectivity index (χ4v) is 4.20. The molecule has 1 unspecified atom stereocenters. The zero-order valence-corrected chi connectivity index (χ0v) is 17.2. The van der Waals surface area contributed by atoms with E-state index < -0.39 is 6.10 Å². The van der Waals surface area contributed by atoms with E-state index in [4.69, 9.17) is 0 Å². The molecule has 1 atom stereocenters. The molecule has 0 bridgehead atoms. The minimum Gasteiger partial charge on any atom is -0.387 e. The fourth-order valence-electron chi connectivity index (χ4n) is 3.49. The van der Waals surface area contributed by atoms with Crippen molar-refractivity contribution in [2.75, 3.05) is 19.6 Å². The molecule has 4 nitrogen and oxygen atoms in total. The van der Waals surface area contributed by atoms with Crippen LogP contribution in [0.2, 0.25) is 0 Å². The van der Waals surface area contributed by atoms with Gasteiger partial charge in [-0.2, -0.15) is 11.3 Å². The molecule has 3 rings (SSSR count). The molecule has 1 saturated heterocycles. The number of halogens is 1. The van der Waals surface area contributed by atoms with Crippen LogP contribution in [0, 0.1) is 5.92 Å². The normalized spacial score (nSPS) is 15.7. The summed E-state index contributed by atoms with van der Waals surface area (Å²) >= 11 is 1.57. The number of aliphatic hydroxyl groups is 1. The van der Waals surface area contributed by atoms with E-state index in [1.165, 1.54) is 0 Å². The van der Waals surface area contributed by atoms with Crippen molar-refractivity contribution in [3.63, 3.8) is 0 Å². The van der Waals surface area contributed by atoms with E-state index in [2.05, 4.69) is 5.32 Å². The summed E-state index contributed by atoms with van der Waals surface area (Å²) in [4.78, 5) is 14.7. The summed E-state index contributed by atoms with van der Waals surface area (Å²) in [5, 5.41) is 17.8. The Hall–Kier alpha value is -1.40. The molecule has 0 aliphatic carbocycles. The van der Waals surface area contributed by atoms with Crippen LogP contribution < -0.4 is 5.32 Å². The summed E-state index contributed by atoms with van der Waals surface area (Å²) in [5.74, 6) is 0.780. The number of benzene rings is 1. The molecule has 148 valence electrons. The Balaban J connectivity index is 0.00000261. The standard InChI is InChI=1S/C21H28N2O2S.ClH/c24-20(19-10-13-26-16-19)15-23(14-18-4-2-1-3-5-18)21(25)7-6-17-8-11-22-12-9-17;/h1-5,10,13,16-17,20,22,24H,6-9,11-12,14-15H2;1H. The van der Waals surface area contributed by atoms with Gasteiger partial charge in [0.15, 0.2) is 0 Å². The highest BCUT2D eigenvalue weighted by molar-refractivity contribution is 7.07. The number of hydrogen-bond donors (Lipinski definition) is 2. The molecule has 0 radical (unpaired) electrons. The van der Waals surface area contributed by atoms with E-state index in [1.54, 1.807) is 11.3 Å². The lowest BCUT2D eigenvalue weighted by Crippen LogP contribution is -2.35. The zero-order chi connectivity index (χ0) is 18.2. The maximum absolute atomic E-state index is 12.9. The van der Waals surface area contributed by atoms with Gasteiger partial charge in [-0.25, -0.2) is 0 Å². The highest BCUT2D eigenvalue weighted by Gasteiger charge is 2.21. The predicted octanol–water partition coefficient (Wildman–Crippen LogP) is 4.01. The number of amides is 1. The topological polar surface area (TPSA) is 52.6 Å². The van der Waals surface area contributed by atoms with Crippen LogP contribution in [0.5, 0.6) is 0 Å². The fraction of sp³-hybridized carbons (Fsp3) is 0.476. The molecule has 2 N–H and O–H groups in total. The lowest BCUT2D eigenvalue weighted by atomic mass is 9.93. The molecule has 2 heterocycles. The molecule has 1 aliphatic rings. The van der Waals surface area contributed by atoms with Gasteiger partial charge < -0.3 is 15.3 Å². The van der Waals surface area contributed by atoms with Crippen LogP contribution in [0.3, 0.4) is 0 Å². The summed E-state index contributed by atoms with van der Waals surface area (Å²) in [7, 11) is 0. The Morgan fingerprint density at radius 2 is 1.96 bits per heavy atom. The molecule has 0 saturated carbocycles. The number of aliphatic hydroxyl groups excluding tert-OH is 1. The number of carbonyl (C=O) groups excluding carboxylic acids is 1. The van der Waals surface area contributed by atoms with Gasteiger partial charge in [0, 0.05) is 13.0 Å². The summed E-state index contributed by atoms with van der Waals surface area (Å²) in [5.41, 5.74) is 1.99. The number of carbonyl (C=O) groups is 1. The van der Waals surface area contributed by atoms with E-state index in [9.17, 15) is 9.90 Å². The Kier molecular flexibility index (Phi) is 9.28. The first kappa shape index (κ1) is 21.9. The Bertz CT molecular complexity index is 660. The van der Waals surface area contributed by atoms with Crippen molar-refractivity contribution in [2.45, 2.75) is 38.3 Å². The van der Waals surface area contributed by atoms with Gasteiger partial charge >= 0.3 is 0 Å². The maximum atomic E-state index is 12.9. The van der Waals surface area contributed by atoms with Crippen molar-refractivity contribution >= 4 is 29.7 Å². The highest BCUT2D eigenvalue weighted by atomic mass is 35.5. The van der Waals surface area contributed by atoms with Crippen molar-refractivity contribution in [3.05, 3.63) is 58.3 Å². The van der Waals surface area contributed by atoms with Crippen LogP contribution in [-0.4, -0.2) is 35.5 Å². The van der Waals surface area contributed by atoms with Crippen molar-refractivity contribution in [2.24, 2.45) is 5.92 Å². The lowest BCUT2D eigenvalue weighted by molar-refractivity contribution is -0.133. The molecule has 1 amide bonds. The molecule has 1 aromatic heterocycles. The summed E-state index contributed by atoms with van der Waals surface area (Å²) in [6, 6.07) is 11.9. The van der Waals surface area contributed by atoms with Gasteiger partial charge in [0.25, 0.3) is 0 Å². The minimum atomic E-state index is -0.632. The molecule has 0 spiro atoms. The van der Waals surface area contributed by atoms with Crippen LogP contribution >= 0.6 is 23.7 Å². The SMILES string of the molecule is Cl.O=C(CCC1CCNCC1)N(Cc1ccccc1)CC(O)c1ccsc1. The van der Waals surface area contributed by atoms with Gasteiger partial charge in [0.1, 0.15) is 0 Å². The molecule has 1 aromatic carbocycles. The quantitative estimate of drug-likeness (QED) is 0.693. The second kappa shape index (κ2) is 11.4. The molecule has 1 fully saturated rings. The molecular formula is C21H29ClN2O2S. The monoisotopic (exact) mass is 408 g/mol. The van der Waals surface area contributed by atoms with Crippen LogP contribution in [0.1, 0.15) is 42.9 Å².